The van der Waals surface area contributed by atoms with Gasteiger partial charge >= 0.3 is 23.9 Å². The predicted molar refractivity (Wildman–Crippen MR) is 114 cm³/mol. The van der Waals surface area contributed by atoms with Gasteiger partial charge in [-0.1, -0.05) is 18.2 Å². The SMILES string of the molecule is COC(=O)c1nc(Sc2ccccc2)nn1[C@@H]1O[C@H](COC(C)=O)[C@@H](OC(C)=O)[C@H]1OC(C)=O. The Balaban J connectivity index is 2.02. The molecule has 2 heterocycles. The van der Waals surface area contributed by atoms with Crippen molar-refractivity contribution in [3.8, 4) is 0 Å². The lowest BCUT2D eigenvalue weighted by atomic mass is 10.1. The Hall–Kier alpha value is -3.45. The van der Waals surface area contributed by atoms with Crippen molar-refractivity contribution >= 4 is 35.6 Å². The highest BCUT2D eigenvalue weighted by molar-refractivity contribution is 7.99. The molecule has 0 bridgehead atoms. The van der Waals surface area contributed by atoms with Gasteiger partial charge in [-0.15, -0.1) is 5.10 Å². The van der Waals surface area contributed by atoms with E-state index in [0.29, 0.717) is 0 Å². The third-order valence-corrected chi connectivity index (χ3v) is 5.38. The second-order valence-corrected chi connectivity index (χ2v) is 8.13. The summed E-state index contributed by atoms with van der Waals surface area (Å²) in [6.45, 7) is 3.25. The lowest BCUT2D eigenvalue weighted by molar-refractivity contribution is -0.166. The van der Waals surface area contributed by atoms with E-state index in [-0.39, 0.29) is 17.6 Å². The molecule has 1 aliphatic heterocycles. The van der Waals surface area contributed by atoms with E-state index in [1.54, 1.807) is 0 Å². The van der Waals surface area contributed by atoms with Crippen molar-refractivity contribution in [3.63, 3.8) is 0 Å². The number of aromatic nitrogens is 3. The van der Waals surface area contributed by atoms with Crippen LogP contribution in [0, 0.1) is 0 Å². The lowest BCUT2D eigenvalue weighted by Gasteiger charge is -2.23. The van der Waals surface area contributed by atoms with Gasteiger partial charge in [0.05, 0.1) is 7.11 Å². The van der Waals surface area contributed by atoms with Gasteiger partial charge in [-0.3, -0.25) is 14.4 Å². The Kier molecular flexibility index (Phi) is 8.23. The minimum atomic E-state index is -1.24. The molecule has 0 aliphatic carbocycles. The van der Waals surface area contributed by atoms with Crippen LogP contribution in [0.1, 0.15) is 37.6 Å². The van der Waals surface area contributed by atoms with Crippen molar-refractivity contribution in [2.24, 2.45) is 0 Å². The summed E-state index contributed by atoms with van der Waals surface area (Å²) in [4.78, 5) is 52.5. The van der Waals surface area contributed by atoms with Gasteiger partial charge in [0.2, 0.25) is 11.0 Å². The molecule has 13 heteroatoms. The van der Waals surface area contributed by atoms with E-state index >= 15 is 0 Å². The van der Waals surface area contributed by atoms with Gasteiger partial charge in [-0.25, -0.2) is 9.48 Å². The molecule has 182 valence electrons. The maximum absolute atomic E-state index is 12.5. The maximum Gasteiger partial charge on any atom is 0.375 e. The van der Waals surface area contributed by atoms with Gasteiger partial charge in [0, 0.05) is 25.7 Å². The van der Waals surface area contributed by atoms with E-state index < -0.39 is 48.4 Å². The van der Waals surface area contributed by atoms with Crippen LogP contribution in [0.2, 0.25) is 0 Å². The second kappa shape index (κ2) is 11.1. The molecule has 1 aromatic heterocycles. The second-order valence-electron chi connectivity index (χ2n) is 7.09. The van der Waals surface area contributed by atoms with Crippen molar-refractivity contribution in [1.82, 2.24) is 14.8 Å². The van der Waals surface area contributed by atoms with Crippen molar-refractivity contribution < 1.29 is 42.9 Å². The molecule has 1 saturated heterocycles. The van der Waals surface area contributed by atoms with Gasteiger partial charge in [0.15, 0.2) is 18.4 Å². The molecule has 0 N–H and O–H groups in total. The average Bonchev–Trinajstić information content (AvgIpc) is 3.33. The number of esters is 4. The zero-order chi connectivity index (χ0) is 24.8. The van der Waals surface area contributed by atoms with E-state index in [4.69, 9.17) is 23.7 Å². The summed E-state index contributed by atoms with van der Waals surface area (Å²) in [6, 6.07) is 9.19. The standard InChI is InChI=1S/C21H23N3O9S/c1-11(25)30-10-15-16(31-12(2)26)17(32-13(3)27)19(33-15)24-18(20(28)29-4)22-21(23-24)34-14-8-6-5-7-9-14/h5-9,15-17,19H,10H2,1-4H3/t15-,16-,17-,19-/m1/s1. The molecule has 1 aliphatic rings. The zero-order valence-corrected chi connectivity index (χ0v) is 19.6. The fraction of sp³-hybridized carbons (Fsp3) is 0.429. The molecule has 0 radical (unpaired) electrons. The number of hydrogen-bond donors (Lipinski definition) is 0. The maximum atomic E-state index is 12.5. The Morgan fingerprint density at radius 1 is 1.00 bits per heavy atom. The van der Waals surface area contributed by atoms with Gasteiger partial charge in [0.1, 0.15) is 12.7 Å². The van der Waals surface area contributed by atoms with Crippen LogP contribution in [0.25, 0.3) is 0 Å². The molecule has 1 aromatic carbocycles. The molecule has 0 amide bonds. The van der Waals surface area contributed by atoms with Crippen LogP contribution in [0.3, 0.4) is 0 Å². The number of carbonyl (C=O) groups is 4. The van der Waals surface area contributed by atoms with Crippen molar-refractivity contribution in [1.29, 1.82) is 0 Å². The van der Waals surface area contributed by atoms with E-state index in [9.17, 15) is 19.2 Å². The van der Waals surface area contributed by atoms with Gasteiger partial charge in [-0.05, 0) is 23.9 Å². The first-order valence-corrected chi connectivity index (χ1v) is 10.9. The van der Waals surface area contributed by atoms with Gasteiger partial charge in [-0.2, -0.15) is 4.98 Å². The Morgan fingerprint density at radius 3 is 2.24 bits per heavy atom. The van der Waals surface area contributed by atoms with Crippen LogP contribution in [0.5, 0.6) is 0 Å². The molecule has 12 nitrogen and oxygen atoms in total. The van der Waals surface area contributed by atoms with E-state index in [0.717, 1.165) is 9.58 Å². The number of ether oxygens (including phenoxy) is 5. The molecule has 0 unspecified atom stereocenters. The number of rotatable bonds is 8. The molecule has 3 rings (SSSR count). The third-order valence-electron chi connectivity index (χ3n) is 4.51. The van der Waals surface area contributed by atoms with E-state index in [2.05, 4.69) is 10.1 Å². The summed E-state index contributed by atoms with van der Waals surface area (Å²) in [5.74, 6) is -2.99. The normalized spacial score (nSPS) is 21.5. The van der Waals surface area contributed by atoms with Crippen LogP contribution in [0.4, 0.5) is 0 Å². The first-order valence-electron chi connectivity index (χ1n) is 10.1. The monoisotopic (exact) mass is 493 g/mol. The van der Waals surface area contributed by atoms with Crippen molar-refractivity contribution in [2.45, 2.75) is 55.4 Å². The van der Waals surface area contributed by atoms with Crippen LogP contribution >= 0.6 is 11.8 Å². The minimum Gasteiger partial charge on any atom is -0.463 e. The minimum absolute atomic E-state index is 0.198. The Labute approximate surface area is 198 Å². The number of hydrogen-bond acceptors (Lipinski definition) is 12. The van der Waals surface area contributed by atoms with Crippen LogP contribution < -0.4 is 0 Å². The highest BCUT2D eigenvalue weighted by Gasteiger charge is 2.52. The van der Waals surface area contributed by atoms with Gasteiger partial charge < -0.3 is 23.7 Å². The van der Waals surface area contributed by atoms with Crippen molar-refractivity contribution in [2.75, 3.05) is 13.7 Å². The number of nitrogens with zero attached hydrogens (tertiary/aromatic N) is 3. The zero-order valence-electron chi connectivity index (χ0n) is 18.8. The fourth-order valence-corrected chi connectivity index (χ4v) is 4.00. The topological polar surface area (TPSA) is 145 Å². The number of carbonyl (C=O) groups excluding carboxylic acids is 4. The quantitative estimate of drug-likeness (QED) is 0.388. The lowest BCUT2D eigenvalue weighted by Crippen LogP contribution is -2.41. The molecule has 2 aromatic rings. The van der Waals surface area contributed by atoms with Crippen LogP contribution in [0.15, 0.2) is 40.4 Å². The highest BCUT2D eigenvalue weighted by atomic mass is 32.2. The molecule has 34 heavy (non-hydrogen) atoms. The fourth-order valence-electron chi connectivity index (χ4n) is 3.24. The highest BCUT2D eigenvalue weighted by Crippen LogP contribution is 2.36. The Morgan fingerprint density at radius 2 is 1.65 bits per heavy atom. The number of methoxy groups -OCH3 is 1. The molecule has 1 fully saturated rings. The van der Waals surface area contributed by atoms with Gasteiger partial charge in [0.25, 0.3) is 0 Å². The molecular weight excluding hydrogens is 470 g/mol. The van der Waals surface area contributed by atoms with Crippen LogP contribution in [-0.2, 0) is 38.1 Å². The summed E-state index contributed by atoms with van der Waals surface area (Å²) in [5, 5.41) is 4.56. The molecular formula is C21H23N3O9S. The summed E-state index contributed by atoms with van der Waals surface area (Å²) in [6.07, 6.45) is -4.62. The molecule has 0 saturated carbocycles. The van der Waals surface area contributed by atoms with Crippen LogP contribution in [-0.4, -0.2) is 70.7 Å². The summed E-state index contributed by atoms with van der Waals surface area (Å²) in [7, 11) is 1.18. The average molecular weight is 493 g/mol. The molecule has 4 atom stereocenters. The smallest absolute Gasteiger partial charge is 0.375 e. The number of benzene rings is 1. The van der Waals surface area contributed by atoms with E-state index in [1.807, 2.05) is 30.3 Å². The summed E-state index contributed by atoms with van der Waals surface area (Å²) in [5.41, 5.74) is 0. The first kappa shape index (κ1) is 25.2. The first-order chi connectivity index (χ1) is 16.2. The third kappa shape index (κ3) is 6.11. The summed E-state index contributed by atoms with van der Waals surface area (Å²) >= 11 is 1.18. The van der Waals surface area contributed by atoms with E-state index in [1.165, 1.54) is 39.6 Å². The summed E-state index contributed by atoms with van der Waals surface area (Å²) < 4.78 is 27.6. The largest absolute Gasteiger partial charge is 0.463 e. The Bertz CT molecular complexity index is 1060. The van der Waals surface area contributed by atoms with Crippen molar-refractivity contribution in [3.05, 3.63) is 36.2 Å². The molecule has 0 spiro atoms. The predicted octanol–water partition coefficient (Wildman–Crippen LogP) is 1.54.